The van der Waals surface area contributed by atoms with Crippen LogP contribution in [-0.4, -0.2) is 11.1 Å². The van der Waals surface area contributed by atoms with Crippen molar-refractivity contribution >= 4 is 11.6 Å². The van der Waals surface area contributed by atoms with Crippen LogP contribution < -0.4 is 5.32 Å². The van der Waals surface area contributed by atoms with Gasteiger partial charge in [-0.25, -0.2) is 13.2 Å². The van der Waals surface area contributed by atoms with Crippen molar-refractivity contribution in [2.24, 2.45) is 0 Å². The van der Waals surface area contributed by atoms with Crippen molar-refractivity contribution in [1.29, 1.82) is 0 Å². The number of nitrogens with zero attached hydrogens (tertiary/aromatic N) is 1. The van der Waals surface area contributed by atoms with Crippen molar-refractivity contribution in [2.75, 3.05) is 5.32 Å². The largest absolute Gasteiger partial charge is 0.361 e. The maximum atomic E-state index is 13.3. The fourth-order valence-electron chi connectivity index (χ4n) is 1.33. The van der Waals surface area contributed by atoms with Gasteiger partial charge >= 0.3 is 0 Å². The van der Waals surface area contributed by atoms with Gasteiger partial charge in [0.15, 0.2) is 17.5 Å². The monoisotopic (exact) mass is 256 g/mol. The number of hydrogen-bond donors (Lipinski definition) is 1. The molecule has 0 aliphatic rings. The third kappa shape index (κ3) is 2.06. The lowest BCUT2D eigenvalue weighted by atomic mass is 10.2. The summed E-state index contributed by atoms with van der Waals surface area (Å²) < 4.78 is 43.6. The quantitative estimate of drug-likeness (QED) is 0.840. The van der Waals surface area contributed by atoms with E-state index >= 15 is 0 Å². The van der Waals surface area contributed by atoms with Crippen LogP contribution in [0.25, 0.3) is 0 Å². The van der Waals surface area contributed by atoms with Gasteiger partial charge in [-0.15, -0.1) is 0 Å². The van der Waals surface area contributed by atoms with Gasteiger partial charge in [-0.05, 0) is 19.1 Å². The first-order valence-electron chi connectivity index (χ1n) is 4.87. The van der Waals surface area contributed by atoms with Crippen LogP contribution >= 0.6 is 0 Å². The highest BCUT2D eigenvalue weighted by Gasteiger charge is 2.18. The van der Waals surface area contributed by atoms with Crippen molar-refractivity contribution < 1.29 is 22.5 Å². The number of anilines is 1. The average molecular weight is 256 g/mol. The van der Waals surface area contributed by atoms with Gasteiger partial charge in [-0.1, -0.05) is 5.16 Å². The number of nitrogens with one attached hydrogen (secondary N) is 1. The van der Waals surface area contributed by atoms with Crippen molar-refractivity contribution in [1.82, 2.24) is 5.16 Å². The predicted octanol–water partition coefficient (Wildman–Crippen LogP) is 2.65. The molecule has 0 aliphatic heterocycles. The van der Waals surface area contributed by atoms with Crippen LogP contribution in [0.4, 0.5) is 18.9 Å². The Hall–Kier alpha value is -2.31. The second kappa shape index (κ2) is 4.52. The zero-order valence-electron chi connectivity index (χ0n) is 9.13. The van der Waals surface area contributed by atoms with Gasteiger partial charge in [0.05, 0.1) is 11.9 Å². The minimum absolute atomic E-state index is 0.0825. The SMILES string of the molecule is Cc1oncc1C(=O)Nc1ccc(F)c(F)c1F. The fourth-order valence-corrected chi connectivity index (χ4v) is 1.33. The Morgan fingerprint density at radius 1 is 1.28 bits per heavy atom. The topological polar surface area (TPSA) is 55.1 Å². The zero-order valence-corrected chi connectivity index (χ0v) is 9.13. The first-order valence-corrected chi connectivity index (χ1v) is 4.87. The maximum Gasteiger partial charge on any atom is 0.260 e. The molecule has 18 heavy (non-hydrogen) atoms. The van der Waals surface area contributed by atoms with Crippen molar-refractivity contribution in [3.8, 4) is 0 Å². The third-order valence-electron chi connectivity index (χ3n) is 2.28. The summed E-state index contributed by atoms with van der Waals surface area (Å²) in [4.78, 5) is 11.7. The number of halogens is 3. The van der Waals surface area contributed by atoms with Gasteiger partial charge in [0, 0.05) is 0 Å². The molecule has 1 aromatic heterocycles. The Kier molecular flexibility index (Phi) is 3.05. The maximum absolute atomic E-state index is 13.3. The molecule has 0 bridgehead atoms. The Labute approximate surface area is 99.4 Å². The molecular weight excluding hydrogens is 249 g/mol. The third-order valence-corrected chi connectivity index (χ3v) is 2.28. The van der Waals surface area contributed by atoms with E-state index in [4.69, 9.17) is 0 Å². The van der Waals surface area contributed by atoms with E-state index in [0.717, 1.165) is 12.3 Å². The molecule has 0 unspecified atom stereocenters. The molecule has 0 radical (unpaired) electrons. The lowest BCUT2D eigenvalue weighted by molar-refractivity contribution is 0.102. The number of carbonyl (C=O) groups is 1. The summed E-state index contributed by atoms with van der Waals surface area (Å²) in [6, 6.07) is 1.64. The van der Waals surface area contributed by atoms with Crippen LogP contribution in [0.5, 0.6) is 0 Å². The molecule has 0 fully saturated rings. The van der Waals surface area contributed by atoms with Gasteiger partial charge in [-0.3, -0.25) is 4.79 Å². The molecule has 4 nitrogen and oxygen atoms in total. The molecule has 0 saturated heterocycles. The van der Waals surface area contributed by atoms with E-state index in [1.54, 1.807) is 0 Å². The van der Waals surface area contributed by atoms with E-state index in [1.165, 1.54) is 6.92 Å². The molecule has 0 aliphatic carbocycles. The summed E-state index contributed by atoms with van der Waals surface area (Å²) in [7, 11) is 0. The Morgan fingerprint density at radius 2 is 2.00 bits per heavy atom. The molecule has 7 heteroatoms. The highest BCUT2D eigenvalue weighted by atomic mass is 19.2. The lowest BCUT2D eigenvalue weighted by Gasteiger charge is -2.06. The number of carbonyl (C=O) groups excluding carboxylic acids is 1. The lowest BCUT2D eigenvalue weighted by Crippen LogP contribution is -2.14. The Morgan fingerprint density at radius 3 is 2.61 bits per heavy atom. The molecule has 0 saturated carbocycles. The van der Waals surface area contributed by atoms with Crippen molar-refractivity contribution in [3.05, 3.63) is 47.1 Å². The van der Waals surface area contributed by atoms with E-state index in [9.17, 15) is 18.0 Å². The summed E-state index contributed by atoms with van der Waals surface area (Å²) in [5, 5.41) is 5.48. The molecule has 0 atom stereocenters. The number of benzene rings is 1. The van der Waals surface area contributed by atoms with Gasteiger partial charge < -0.3 is 9.84 Å². The second-order valence-corrected chi connectivity index (χ2v) is 3.47. The summed E-state index contributed by atoms with van der Waals surface area (Å²) in [5.74, 6) is -4.92. The second-order valence-electron chi connectivity index (χ2n) is 3.47. The fraction of sp³-hybridized carbons (Fsp3) is 0.0909. The van der Waals surface area contributed by atoms with Gasteiger partial charge in [0.2, 0.25) is 0 Å². The normalized spacial score (nSPS) is 10.4. The van der Waals surface area contributed by atoms with Gasteiger partial charge in [0.1, 0.15) is 11.3 Å². The number of rotatable bonds is 2. The van der Waals surface area contributed by atoms with E-state index in [0.29, 0.717) is 6.07 Å². The first kappa shape index (κ1) is 12.2. The molecule has 1 amide bonds. The number of hydrogen-bond acceptors (Lipinski definition) is 3. The van der Waals surface area contributed by atoms with Crippen LogP contribution in [0, 0.1) is 24.4 Å². The number of aromatic nitrogens is 1. The van der Waals surface area contributed by atoms with Crippen LogP contribution in [0.1, 0.15) is 16.1 Å². The Balaban J connectivity index is 2.28. The molecule has 1 N–H and O–H groups in total. The zero-order chi connectivity index (χ0) is 13.3. The van der Waals surface area contributed by atoms with E-state index in [-0.39, 0.29) is 11.3 Å². The molecule has 2 rings (SSSR count). The Bertz CT molecular complexity index is 610. The average Bonchev–Trinajstić information content (AvgIpc) is 2.76. The summed E-state index contributed by atoms with van der Waals surface area (Å²) in [5.41, 5.74) is -0.376. The van der Waals surface area contributed by atoms with Gasteiger partial charge in [-0.2, -0.15) is 0 Å². The van der Waals surface area contributed by atoms with Crippen molar-refractivity contribution in [2.45, 2.75) is 6.92 Å². The van der Waals surface area contributed by atoms with E-state index in [2.05, 4.69) is 15.0 Å². The van der Waals surface area contributed by atoms with Crippen LogP contribution in [-0.2, 0) is 0 Å². The van der Waals surface area contributed by atoms with Crippen molar-refractivity contribution in [3.63, 3.8) is 0 Å². The van der Waals surface area contributed by atoms with Gasteiger partial charge in [0.25, 0.3) is 5.91 Å². The molecule has 1 aromatic carbocycles. The molecule has 0 spiro atoms. The summed E-state index contributed by atoms with van der Waals surface area (Å²) >= 11 is 0. The van der Waals surface area contributed by atoms with Crippen LogP contribution in [0.2, 0.25) is 0 Å². The minimum atomic E-state index is -1.64. The standard InChI is InChI=1S/C11H7F3N2O2/c1-5-6(4-15-18-5)11(17)16-8-3-2-7(12)9(13)10(8)14/h2-4H,1H3,(H,16,17). The number of aryl methyl sites for hydroxylation is 1. The highest BCUT2D eigenvalue weighted by Crippen LogP contribution is 2.20. The molecular formula is C11H7F3N2O2. The highest BCUT2D eigenvalue weighted by molar-refractivity contribution is 6.04. The van der Waals surface area contributed by atoms with E-state index in [1.807, 2.05) is 0 Å². The minimum Gasteiger partial charge on any atom is -0.361 e. The number of amides is 1. The van der Waals surface area contributed by atoms with Crippen LogP contribution in [0.3, 0.4) is 0 Å². The summed E-state index contributed by atoms with van der Waals surface area (Å²) in [6.45, 7) is 1.49. The van der Waals surface area contributed by atoms with E-state index < -0.39 is 29.0 Å². The summed E-state index contributed by atoms with van der Waals surface area (Å²) in [6.07, 6.45) is 1.14. The molecule has 1 heterocycles. The molecule has 94 valence electrons. The smallest absolute Gasteiger partial charge is 0.260 e. The van der Waals surface area contributed by atoms with Crippen LogP contribution in [0.15, 0.2) is 22.9 Å². The molecule has 2 aromatic rings. The first-order chi connectivity index (χ1) is 8.50. The predicted molar refractivity (Wildman–Crippen MR) is 55.5 cm³/mol.